The van der Waals surface area contributed by atoms with Crippen molar-refractivity contribution in [2.45, 2.75) is 107 Å². The maximum absolute atomic E-state index is 13.2. The smallest absolute Gasteiger partial charge is 0.186 e. The van der Waals surface area contributed by atoms with Crippen molar-refractivity contribution in [3.05, 3.63) is 47.0 Å². The van der Waals surface area contributed by atoms with Crippen LogP contribution in [0.25, 0.3) is 0 Å². The SMILES string of the molecule is CC(c1ccc2c(c1)CCC1[C@H]2C2OC2C2(O)CC=CC(=O)[C@]12C)C1C[C@]2(C)O[C@]2(C)C(O)O1. The number of hydrogen-bond acceptors (Lipinski definition) is 6. The third-order valence-corrected chi connectivity index (χ3v) is 10.8. The van der Waals surface area contributed by atoms with Crippen molar-refractivity contribution < 1.29 is 29.2 Å². The van der Waals surface area contributed by atoms with E-state index < -0.39 is 22.9 Å². The zero-order chi connectivity index (χ0) is 23.8. The van der Waals surface area contributed by atoms with E-state index in [9.17, 15) is 15.0 Å². The Kier molecular flexibility index (Phi) is 4.08. The molecule has 6 aliphatic rings. The van der Waals surface area contributed by atoms with E-state index in [0.717, 1.165) is 19.3 Å². The molecule has 7 unspecified atom stereocenters. The standard InChI is InChI=1S/C28H34O6/c1-14(19-13-25(2)27(4,34-25)24(30)32-19)15-7-9-17-16(12-15)8-10-18-21(17)22-23(33-22)28(31)11-5-6-20(29)26(18,28)3/h5-7,9,12,14,18-19,21-24,30-31H,8,10-11,13H2,1-4H3/t14?,18?,19?,21-,22?,23?,24?,25-,26-,27+,28?/m0/s1. The molecule has 7 rings (SSSR count). The highest BCUT2D eigenvalue weighted by molar-refractivity contribution is 5.97. The number of ether oxygens (including phenoxy) is 3. The number of rotatable bonds is 2. The van der Waals surface area contributed by atoms with Crippen molar-refractivity contribution in [2.24, 2.45) is 11.3 Å². The molecule has 3 heterocycles. The van der Waals surface area contributed by atoms with Gasteiger partial charge in [0.1, 0.15) is 22.9 Å². The van der Waals surface area contributed by atoms with E-state index in [1.165, 1.54) is 16.7 Å². The molecule has 182 valence electrons. The van der Waals surface area contributed by atoms with E-state index in [2.05, 4.69) is 32.0 Å². The van der Waals surface area contributed by atoms with E-state index in [4.69, 9.17) is 14.2 Å². The van der Waals surface area contributed by atoms with Gasteiger partial charge in [0, 0.05) is 18.3 Å². The Bertz CT molecular complexity index is 1130. The number of allylic oxidation sites excluding steroid dienone is 1. The lowest BCUT2D eigenvalue weighted by Crippen LogP contribution is -2.65. The molecule has 11 atom stereocenters. The number of hydrogen-bond donors (Lipinski definition) is 2. The van der Waals surface area contributed by atoms with Gasteiger partial charge in [0.15, 0.2) is 12.1 Å². The van der Waals surface area contributed by atoms with E-state index in [1.54, 1.807) is 6.08 Å². The average molecular weight is 467 g/mol. The molecule has 4 fully saturated rings. The first-order valence-electron chi connectivity index (χ1n) is 12.8. The van der Waals surface area contributed by atoms with Crippen LogP contribution in [0.5, 0.6) is 0 Å². The fourth-order valence-corrected chi connectivity index (χ4v) is 8.09. The van der Waals surface area contributed by atoms with E-state index in [1.807, 2.05) is 19.9 Å². The van der Waals surface area contributed by atoms with E-state index in [0.29, 0.717) is 6.42 Å². The number of carbonyl (C=O) groups is 1. The summed E-state index contributed by atoms with van der Waals surface area (Å²) < 4.78 is 18.0. The Balaban J connectivity index is 1.20. The molecule has 1 aromatic rings. The molecule has 0 bridgehead atoms. The first-order valence-corrected chi connectivity index (χ1v) is 12.8. The minimum atomic E-state index is -1.11. The van der Waals surface area contributed by atoms with Gasteiger partial charge in [-0.25, -0.2) is 0 Å². The van der Waals surface area contributed by atoms with Gasteiger partial charge in [0.05, 0.1) is 17.6 Å². The van der Waals surface area contributed by atoms with Gasteiger partial charge >= 0.3 is 0 Å². The van der Waals surface area contributed by atoms with Crippen molar-refractivity contribution in [3.8, 4) is 0 Å². The molecule has 0 radical (unpaired) electrons. The van der Waals surface area contributed by atoms with Gasteiger partial charge < -0.3 is 24.4 Å². The summed E-state index contributed by atoms with van der Waals surface area (Å²) >= 11 is 0. The number of benzene rings is 1. The minimum Gasteiger partial charge on any atom is -0.386 e. The van der Waals surface area contributed by atoms with Crippen LogP contribution in [0.4, 0.5) is 0 Å². The molecule has 3 saturated heterocycles. The molecular weight excluding hydrogens is 432 g/mol. The van der Waals surface area contributed by atoms with Gasteiger partial charge in [0.25, 0.3) is 0 Å². The third kappa shape index (κ3) is 2.42. The number of epoxide rings is 2. The topological polar surface area (TPSA) is 91.8 Å². The quantitative estimate of drug-likeness (QED) is 0.651. The van der Waals surface area contributed by atoms with Crippen molar-refractivity contribution >= 4 is 5.78 Å². The summed E-state index contributed by atoms with van der Waals surface area (Å²) in [7, 11) is 0. The summed E-state index contributed by atoms with van der Waals surface area (Å²) in [6.45, 7) is 8.10. The Morgan fingerprint density at radius 2 is 1.97 bits per heavy atom. The average Bonchev–Trinajstić information content (AvgIpc) is 3.70. The van der Waals surface area contributed by atoms with Gasteiger partial charge in [-0.15, -0.1) is 0 Å². The number of fused-ring (bicyclic) bond motifs is 9. The van der Waals surface area contributed by atoms with Crippen molar-refractivity contribution in [1.82, 2.24) is 0 Å². The van der Waals surface area contributed by atoms with Crippen LogP contribution >= 0.6 is 0 Å². The summed E-state index contributed by atoms with van der Waals surface area (Å²) in [5.41, 5.74) is 0.920. The molecule has 34 heavy (non-hydrogen) atoms. The molecule has 2 N–H and O–H groups in total. The zero-order valence-electron chi connectivity index (χ0n) is 20.3. The Morgan fingerprint density at radius 1 is 1.18 bits per heavy atom. The lowest BCUT2D eigenvalue weighted by Gasteiger charge is -2.55. The van der Waals surface area contributed by atoms with Gasteiger partial charge in [-0.2, -0.15) is 0 Å². The monoisotopic (exact) mass is 466 g/mol. The molecule has 3 aliphatic heterocycles. The summed E-state index contributed by atoms with van der Waals surface area (Å²) in [6.07, 6.45) is 5.14. The maximum Gasteiger partial charge on any atom is 0.186 e. The van der Waals surface area contributed by atoms with Crippen LogP contribution in [-0.2, 0) is 25.4 Å². The van der Waals surface area contributed by atoms with Gasteiger partial charge in [-0.05, 0) is 68.7 Å². The first-order chi connectivity index (χ1) is 16.0. The summed E-state index contributed by atoms with van der Waals surface area (Å²) in [4.78, 5) is 13.2. The van der Waals surface area contributed by atoms with Crippen LogP contribution in [0.1, 0.15) is 75.5 Å². The molecule has 6 nitrogen and oxygen atoms in total. The van der Waals surface area contributed by atoms with Gasteiger partial charge in [-0.3, -0.25) is 4.79 Å². The van der Waals surface area contributed by atoms with Crippen molar-refractivity contribution in [1.29, 1.82) is 0 Å². The Morgan fingerprint density at radius 3 is 2.74 bits per heavy atom. The molecule has 0 aromatic heterocycles. The summed E-state index contributed by atoms with van der Waals surface area (Å²) in [6, 6.07) is 6.68. The van der Waals surface area contributed by atoms with E-state index in [-0.39, 0.29) is 47.4 Å². The minimum absolute atomic E-state index is 0.0221. The maximum atomic E-state index is 13.2. The molecule has 1 aromatic carbocycles. The second-order valence-electron chi connectivity index (χ2n) is 12.2. The highest BCUT2D eigenvalue weighted by atomic mass is 16.7. The van der Waals surface area contributed by atoms with Crippen molar-refractivity contribution in [2.75, 3.05) is 0 Å². The van der Waals surface area contributed by atoms with Crippen LogP contribution in [0.3, 0.4) is 0 Å². The third-order valence-electron chi connectivity index (χ3n) is 10.8. The van der Waals surface area contributed by atoms with Crippen LogP contribution in [0.15, 0.2) is 30.4 Å². The fraction of sp³-hybridized carbons (Fsp3) is 0.679. The number of ketones is 1. The highest BCUT2D eigenvalue weighted by Gasteiger charge is 2.75. The van der Waals surface area contributed by atoms with Crippen LogP contribution in [0, 0.1) is 11.3 Å². The van der Waals surface area contributed by atoms with Crippen LogP contribution in [-0.4, -0.2) is 57.4 Å². The predicted molar refractivity (Wildman–Crippen MR) is 123 cm³/mol. The number of aliphatic hydroxyl groups is 2. The highest BCUT2D eigenvalue weighted by Crippen LogP contribution is 2.66. The Labute approximate surface area is 200 Å². The molecule has 0 amide bonds. The second-order valence-corrected chi connectivity index (χ2v) is 12.2. The molecule has 3 aliphatic carbocycles. The Hall–Kier alpha value is -1.57. The summed E-state index contributed by atoms with van der Waals surface area (Å²) in [5, 5.41) is 22.1. The lowest BCUT2D eigenvalue weighted by atomic mass is 9.48. The van der Waals surface area contributed by atoms with Gasteiger partial charge in [-0.1, -0.05) is 31.2 Å². The molecule has 1 saturated carbocycles. The number of carbonyl (C=O) groups excluding carboxylic acids is 1. The predicted octanol–water partition coefficient (Wildman–Crippen LogP) is 3.14. The zero-order valence-corrected chi connectivity index (χ0v) is 20.3. The largest absolute Gasteiger partial charge is 0.386 e. The number of aryl methyl sites for hydroxylation is 1. The lowest BCUT2D eigenvalue weighted by molar-refractivity contribution is -0.187. The van der Waals surface area contributed by atoms with E-state index >= 15 is 0 Å². The normalized spacial score (nSPS) is 53.1. The first kappa shape index (κ1) is 21.7. The van der Waals surface area contributed by atoms with Crippen LogP contribution in [0.2, 0.25) is 0 Å². The fourth-order valence-electron chi connectivity index (χ4n) is 8.09. The molecular formula is C28H34O6. The summed E-state index contributed by atoms with van der Waals surface area (Å²) in [5.74, 6) is 0.351. The van der Waals surface area contributed by atoms with Crippen LogP contribution < -0.4 is 0 Å². The van der Waals surface area contributed by atoms with Gasteiger partial charge in [0.2, 0.25) is 0 Å². The molecule has 6 heteroatoms. The second kappa shape index (κ2) is 6.40. The molecule has 0 spiro atoms. The number of aliphatic hydroxyl groups excluding tert-OH is 1. The van der Waals surface area contributed by atoms with Crippen molar-refractivity contribution in [3.63, 3.8) is 0 Å².